The lowest BCUT2D eigenvalue weighted by Gasteiger charge is -2.36. The Morgan fingerprint density at radius 1 is 1.17 bits per heavy atom. The Hall–Kier alpha value is -1.70. The maximum atomic E-state index is 13.4. The van der Waals surface area contributed by atoms with Crippen molar-refractivity contribution in [1.82, 2.24) is 10.6 Å². The van der Waals surface area contributed by atoms with Crippen LogP contribution in [0.15, 0.2) is 29.3 Å². The van der Waals surface area contributed by atoms with E-state index in [1.165, 1.54) is 12.1 Å². The molecule has 6 nitrogen and oxygen atoms in total. The van der Waals surface area contributed by atoms with E-state index >= 15 is 0 Å². The maximum Gasteiger partial charge on any atom is 0.191 e. The van der Waals surface area contributed by atoms with E-state index in [9.17, 15) is 4.39 Å². The van der Waals surface area contributed by atoms with Crippen molar-refractivity contribution < 1.29 is 18.6 Å². The molecule has 0 radical (unpaired) electrons. The second-order valence-electron chi connectivity index (χ2n) is 8.18. The number of nitrogens with one attached hydrogen (secondary N) is 2. The normalized spacial score (nSPS) is 21.5. The number of guanidine groups is 1. The molecule has 0 spiro atoms. The van der Waals surface area contributed by atoms with Gasteiger partial charge in [-0.25, -0.2) is 4.39 Å². The van der Waals surface area contributed by atoms with E-state index in [2.05, 4.69) is 17.6 Å². The van der Waals surface area contributed by atoms with Gasteiger partial charge in [0, 0.05) is 50.8 Å². The number of ether oxygens (including phenoxy) is 3. The fourth-order valence-electron chi connectivity index (χ4n) is 4.02. The Balaban J connectivity index is 1.50. The third kappa shape index (κ3) is 6.93. The molecule has 0 amide bonds. The monoisotopic (exact) mass is 421 g/mol. The Bertz CT molecular complexity index is 642. The minimum Gasteiger partial charge on any atom is -0.381 e. The smallest absolute Gasteiger partial charge is 0.191 e. The predicted octanol–water partition coefficient (Wildman–Crippen LogP) is 2.87. The van der Waals surface area contributed by atoms with Gasteiger partial charge in [-0.1, -0.05) is 12.1 Å². The molecular weight excluding hydrogens is 385 g/mol. The molecule has 1 aromatic rings. The number of nitrogens with zero attached hydrogens (tertiary/aromatic N) is 1. The van der Waals surface area contributed by atoms with Crippen LogP contribution in [0.25, 0.3) is 0 Å². The van der Waals surface area contributed by atoms with Crippen LogP contribution in [0.4, 0.5) is 4.39 Å². The molecule has 2 N–H and O–H groups in total. The van der Waals surface area contributed by atoms with Gasteiger partial charge in [0.15, 0.2) is 5.96 Å². The minimum atomic E-state index is -0.206. The van der Waals surface area contributed by atoms with E-state index in [4.69, 9.17) is 19.2 Å². The maximum absolute atomic E-state index is 13.4. The topological polar surface area (TPSA) is 64.1 Å². The summed E-state index contributed by atoms with van der Waals surface area (Å²) >= 11 is 0. The van der Waals surface area contributed by atoms with Crippen LogP contribution < -0.4 is 10.6 Å². The highest BCUT2D eigenvalue weighted by Gasteiger charge is 2.34. The highest BCUT2D eigenvalue weighted by atomic mass is 19.1. The fraction of sp³-hybridized carbons (Fsp3) is 0.696. The van der Waals surface area contributed by atoms with Gasteiger partial charge in [0.2, 0.25) is 0 Å². The predicted molar refractivity (Wildman–Crippen MR) is 116 cm³/mol. The average molecular weight is 422 g/mol. The molecule has 1 unspecified atom stereocenters. The third-order valence-electron chi connectivity index (χ3n) is 5.93. The molecule has 2 aliphatic rings. The molecule has 7 heteroatoms. The van der Waals surface area contributed by atoms with Crippen LogP contribution in [-0.2, 0) is 19.6 Å². The van der Waals surface area contributed by atoms with Crippen molar-refractivity contribution in [3.05, 3.63) is 35.6 Å². The first kappa shape index (κ1) is 23.0. The summed E-state index contributed by atoms with van der Waals surface area (Å²) in [7, 11) is 0. The summed E-state index contributed by atoms with van der Waals surface area (Å²) in [6.45, 7) is 8.95. The molecule has 3 rings (SSSR count). The molecule has 30 heavy (non-hydrogen) atoms. The van der Waals surface area contributed by atoms with Crippen LogP contribution in [-0.4, -0.2) is 65.2 Å². The number of rotatable bonds is 10. The van der Waals surface area contributed by atoms with Crippen molar-refractivity contribution in [2.45, 2.75) is 38.0 Å². The third-order valence-corrected chi connectivity index (χ3v) is 5.93. The number of aliphatic imine (C=N–C) groups is 1. The molecule has 1 atom stereocenters. The van der Waals surface area contributed by atoms with E-state index in [1.807, 2.05) is 12.1 Å². The molecule has 0 aromatic heterocycles. The summed E-state index contributed by atoms with van der Waals surface area (Å²) in [6.07, 6.45) is 3.81. The highest BCUT2D eigenvalue weighted by Crippen LogP contribution is 2.35. The van der Waals surface area contributed by atoms with Crippen molar-refractivity contribution >= 4 is 5.96 Å². The van der Waals surface area contributed by atoms with Crippen LogP contribution in [0.1, 0.15) is 38.2 Å². The van der Waals surface area contributed by atoms with E-state index in [-0.39, 0.29) is 11.2 Å². The summed E-state index contributed by atoms with van der Waals surface area (Å²) in [5.74, 6) is 1.16. The minimum absolute atomic E-state index is 0.110. The van der Waals surface area contributed by atoms with Crippen molar-refractivity contribution in [2.75, 3.05) is 59.3 Å². The van der Waals surface area contributed by atoms with Gasteiger partial charge in [0.05, 0.1) is 19.8 Å². The van der Waals surface area contributed by atoms with E-state index in [1.54, 1.807) is 0 Å². The fourth-order valence-corrected chi connectivity index (χ4v) is 4.02. The lowest BCUT2D eigenvalue weighted by Crippen LogP contribution is -2.41. The molecule has 0 bridgehead atoms. The highest BCUT2D eigenvalue weighted by molar-refractivity contribution is 5.79. The van der Waals surface area contributed by atoms with Crippen LogP contribution in [0, 0.1) is 11.7 Å². The van der Waals surface area contributed by atoms with Crippen molar-refractivity contribution in [3.63, 3.8) is 0 Å². The van der Waals surface area contributed by atoms with Gasteiger partial charge in [0.25, 0.3) is 0 Å². The number of hydrogen-bond acceptors (Lipinski definition) is 4. The Kier molecular flexibility index (Phi) is 9.36. The summed E-state index contributed by atoms with van der Waals surface area (Å²) < 4.78 is 30.2. The van der Waals surface area contributed by atoms with Gasteiger partial charge in [0.1, 0.15) is 5.82 Å². The summed E-state index contributed by atoms with van der Waals surface area (Å²) in [4.78, 5) is 4.88. The first-order valence-corrected chi connectivity index (χ1v) is 11.2. The molecule has 1 aromatic carbocycles. The summed E-state index contributed by atoms with van der Waals surface area (Å²) in [5.41, 5.74) is 1.02. The van der Waals surface area contributed by atoms with Crippen LogP contribution in [0.3, 0.4) is 0 Å². The summed E-state index contributed by atoms with van der Waals surface area (Å²) in [6, 6.07) is 6.86. The van der Waals surface area contributed by atoms with Gasteiger partial charge < -0.3 is 24.8 Å². The quantitative estimate of drug-likeness (QED) is 0.346. The molecular formula is C23H36FN3O3. The first-order valence-electron chi connectivity index (χ1n) is 11.2. The SMILES string of the molecule is CCNC(=NCC1(c2ccc(F)cc2)CCOCC1)NCCCOCC1CCOC1. The lowest BCUT2D eigenvalue weighted by molar-refractivity contribution is 0.0530. The van der Waals surface area contributed by atoms with E-state index in [0.29, 0.717) is 25.7 Å². The van der Waals surface area contributed by atoms with Gasteiger partial charge >= 0.3 is 0 Å². The molecule has 0 aliphatic carbocycles. The van der Waals surface area contributed by atoms with Crippen molar-refractivity contribution in [2.24, 2.45) is 10.9 Å². The lowest BCUT2D eigenvalue weighted by atomic mass is 9.74. The molecule has 0 saturated carbocycles. The van der Waals surface area contributed by atoms with E-state index < -0.39 is 0 Å². The second-order valence-corrected chi connectivity index (χ2v) is 8.18. The molecule has 2 aliphatic heterocycles. The number of hydrogen-bond donors (Lipinski definition) is 2. The Labute approximate surface area is 179 Å². The Morgan fingerprint density at radius 2 is 1.97 bits per heavy atom. The number of benzene rings is 1. The molecule has 168 valence electrons. The largest absolute Gasteiger partial charge is 0.381 e. The van der Waals surface area contributed by atoms with E-state index in [0.717, 1.165) is 76.7 Å². The average Bonchev–Trinajstić information content (AvgIpc) is 3.29. The van der Waals surface area contributed by atoms with Crippen LogP contribution in [0.2, 0.25) is 0 Å². The van der Waals surface area contributed by atoms with Crippen LogP contribution in [0.5, 0.6) is 0 Å². The van der Waals surface area contributed by atoms with Crippen LogP contribution >= 0.6 is 0 Å². The van der Waals surface area contributed by atoms with Gasteiger partial charge in [-0.3, -0.25) is 4.99 Å². The molecule has 2 fully saturated rings. The van der Waals surface area contributed by atoms with Gasteiger partial charge in [-0.15, -0.1) is 0 Å². The number of halogens is 1. The first-order chi connectivity index (χ1) is 14.7. The Morgan fingerprint density at radius 3 is 2.67 bits per heavy atom. The second kappa shape index (κ2) is 12.2. The van der Waals surface area contributed by atoms with Crippen molar-refractivity contribution in [3.8, 4) is 0 Å². The zero-order valence-corrected chi connectivity index (χ0v) is 18.1. The van der Waals surface area contributed by atoms with Gasteiger partial charge in [-0.05, 0) is 50.3 Å². The summed E-state index contributed by atoms with van der Waals surface area (Å²) in [5, 5.41) is 6.74. The van der Waals surface area contributed by atoms with Gasteiger partial charge in [-0.2, -0.15) is 0 Å². The zero-order valence-electron chi connectivity index (χ0n) is 18.1. The molecule has 2 heterocycles. The molecule has 2 saturated heterocycles. The zero-order chi connectivity index (χ0) is 21.1. The standard InChI is InChI=1S/C23H36FN3O3/c1-2-25-22(26-11-3-12-29-16-19-8-13-30-17-19)27-18-23(9-14-28-15-10-23)20-4-6-21(24)7-5-20/h4-7,19H,2-3,8-18H2,1H3,(H2,25,26,27). The van der Waals surface area contributed by atoms with Crippen molar-refractivity contribution in [1.29, 1.82) is 0 Å².